The van der Waals surface area contributed by atoms with E-state index in [1.807, 2.05) is 78.0 Å². The van der Waals surface area contributed by atoms with Gasteiger partial charge in [0.05, 0.1) is 49.2 Å². The minimum Gasteiger partial charge on any atom is -0.448 e. The van der Waals surface area contributed by atoms with Crippen molar-refractivity contribution in [3.8, 4) is 6.07 Å². The number of rotatable bonds is 26. The van der Waals surface area contributed by atoms with E-state index in [4.69, 9.17) is 33.2 Å². The Hall–Kier alpha value is -3.42. The van der Waals surface area contributed by atoms with Gasteiger partial charge >= 0.3 is 7.82 Å². The first-order valence-electron chi connectivity index (χ1n) is 23.8. The Labute approximate surface area is 414 Å². The highest BCUT2D eigenvalue weighted by molar-refractivity contribution is 7.46. The number of carbonyl (C=O) groups is 1. The summed E-state index contributed by atoms with van der Waals surface area (Å²) in [5.41, 5.74) is 1.87. The van der Waals surface area contributed by atoms with E-state index in [1.165, 1.54) is 26.6 Å². The van der Waals surface area contributed by atoms with E-state index < -0.39 is 97.7 Å². The van der Waals surface area contributed by atoms with Gasteiger partial charge in [-0.2, -0.15) is 5.26 Å². The Kier molecular flexibility index (Phi) is 23.5. The molecule has 3 heterocycles. The number of oxazole rings is 1. The van der Waals surface area contributed by atoms with Crippen LogP contribution in [-0.4, -0.2) is 159 Å². The monoisotopic (exact) mass is 1010 g/mol. The number of hydrogen-bond acceptors (Lipinski definition) is 16. The van der Waals surface area contributed by atoms with Gasteiger partial charge in [0.25, 0.3) is 5.91 Å². The van der Waals surface area contributed by atoms with Crippen LogP contribution >= 0.6 is 7.82 Å². The van der Waals surface area contributed by atoms with Crippen LogP contribution in [-0.2, 0) is 32.8 Å². The lowest BCUT2D eigenvalue weighted by Crippen LogP contribution is -2.58. The maximum absolute atomic E-state index is 12.6. The lowest BCUT2D eigenvalue weighted by atomic mass is 9.72. The maximum Gasteiger partial charge on any atom is 0.469 e. The number of methoxy groups -OCH3 is 2. The second-order valence-corrected chi connectivity index (χ2v) is 21.1. The van der Waals surface area contributed by atoms with Crippen LogP contribution in [0.15, 0.2) is 63.9 Å². The van der Waals surface area contributed by atoms with Gasteiger partial charge < -0.3 is 68.9 Å². The van der Waals surface area contributed by atoms with Crippen molar-refractivity contribution < 1.29 is 72.6 Å². The van der Waals surface area contributed by atoms with Crippen LogP contribution in [0, 0.1) is 34.5 Å². The van der Waals surface area contributed by atoms with Crippen LogP contribution in [0.1, 0.15) is 105 Å². The van der Waals surface area contributed by atoms with Crippen molar-refractivity contribution >= 4 is 19.8 Å². The molecule has 0 aromatic carbocycles. The fourth-order valence-corrected chi connectivity index (χ4v) is 9.64. The molecule has 1 aromatic heterocycles. The zero-order valence-corrected chi connectivity index (χ0v) is 44.0. The number of ether oxygens (including phenoxy) is 4. The van der Waals surface area contributed by atoms with Crippen molar-refractivity contribution in [2.24, 2.45) is 23.2 Å². The molecule has 0 unspecified atom stereocenters. The number of amides is 1. The number of hydrogen-bond donors (Lipinski definition) is 8. The van der Waals surface area contributed by atoms with Gasteiger partial charge in [0.15, 0.2) is 17.8 Å². The summed E-state index contributed by atoms with van der Waals surface area (Å²) in [6.07, 6.45) is 4.10. The summed E-state index contributed by atoms with van der Waals surface area (Å²) in [6, 6.07) is 1.40. The Morgan fingerprint density at radius 1 is 1.09 bits per heavy atom. The molecule has 2 aliphatic rings. The number of phosphoric ester groups is 1. The van der Waals surface area contributed by atoms with E-state index in [0.717, 1.165) is 16.7 Å². The number of nitriles is 1. The summed E-state index contributed by atoms with van der Waals surface area (Å²) in [5.74, 6) is -3.63. The Bertz CT molecular complexity index is 2080. The molecule has 2 saturated heterocycles. The summed E-state index contributed by atoms with van der Waals surface area (Å²) in [7, 11) is 1.12. The summed E-state index contributed by atoms with van der Waals surface area (Å²) in [6.45, 7) is 16.6. The van der Waals surface area contributed by atoms with Crippen LogP contribution in [0.5, 0.6) is 0 Å². The van der Waals surface area contributed by atoms with Crippen molar-refractivity contribution in [1.29, 1.82) is 5.26 Å². The van der Waals surface area contributed by atoms with Gasteiger partial charge in [0, 0.05) is 68.8 Å². The Morgan fingerprint density at radius 2 is 1.76 bits per heavy atom. The third kappa shape index (κ3) is 16.3. The number of phosphoric acid groups is 1. The fourth-order valence-electron chi connectivity index (χ4n) is 8.96. The number of likely N-dealkylation sites (N-methyl/N-ethyl adjacent to an activating group) is 1. The SMILES string of the molecule is COC[C@H]([C@@H](O)[C@@H](O)C(=O)NCC[C@@H](C)c1nc(/C=C/C[C@H]2O[C@@]3(C[C@H](O)[C@H]2C)O[C@@H]([C@@H](C[C@@H](O)[C@@H](C)[C@@H](O)[C@@H](C)/C=C(C)/C(C)=C/C=C/C(C)=C/C#N)OC)[C@@H](OP(=O)(O)O)C3(C)C)co1)N(C)C. The number of aromatic nitrogens is 1. The molecule has 0 radical (unpaired) electrons. The first-order valence-corrected chi connectivity index (χ1v) is 25.4. The number of carbonyl (C=O) groups excluding carboxylic acids is 1. The molecule has 0 bridgehead atoms. The second kappa shape index (κ2) is 27.0. The lowest BCUT2D eigenvalue weighted by molar-refractivity contribution is -0.334. The minimum atomic E-state index is -5.15. The molecule has 1 aromatic rings. The van der Waals surface area contributed by atoms with Gasteiger partial charge in [-0.15, -0.1) is 0 Å². The number of allylic oxidation sites excluding steroid dienone is 7. The lowest BCUT2D eigenvalue weighted by Gasteiger charge is -2.50. The Morgan fingerprint density at radius 3 is 2.36 bits per heavy atom. The second-order valence-electron chi connectivity index (χ2n) is 19.9. The number of nitrogens with zero attached hydrogens (tertiary/aromatic N) is 3. The molecule has 1 spiro atoms. The molecule has 19 nitrogen and oxygen atoms in total. The highest BCUT2D eigenvalue weighted by atomic mass is 31.2. The molecule has 1 amide bonds. The highest BCUT2D eigenvalue weighted by Crippen LogP contribution is 2.59. The predicted octanol–water partition coefficient (Wildman–Crippen LogP) is 4.69. The van der Waals surface area contributed by atoms with Crippen molar-refractivity contribution in [2.45, 2.75) is 161 Å². The van der Waals surface area contributed by atoms with E-state index in [-0.39, 0.29) is 44.2 Å². The van der Waals surface area contributed by atoms with Crippen LogP contribution < -0.4 is 5.32 Å². The zero-order valence-electron chi connectivity index (χ0n) is 43.1. The topological polar surface area (TPSA) is 287 Å². The first kappa shape index (κ1) is 60.9. The van der Waals surface area contributed by atoms with Crippen LogP contribution in [0.4, 0.5) is 0 Å². The van der Waals surface area contributed by atoms with E-state index in [0.29, 0.717) is 18.0 Å². The van der Waals surface area contributed by atoms with E-state index in [9.17, 15) is 44.7 Å². The molecule has 70 heavy (non-hydrogen) atoms. The summed E-state index contributed by atoms with van der Waals surface area (Å²) in [5, 5.41) is 67.1. The molecular formula is C50H81N4O15P. The first-order chi connectivity index (χ1) is 32.6. The van der Waals surface area contributed by atoms with Crippen LogP contribution in [0.25, 0.3) is 6.08 Å². The molecule has 15 atom stereocenters. The molecule has 8 N–H and O–H groups in total. The van der Waals surface area contributed by atoms with Gasteiger partial charge in [0.1, 0.15) is 30.3 Å². The largest absolute Gasteiger partial charge is 0.469 e. The third-order valence-corrected chi connectivity index (χ3v) is 14.5. The fraction of sp³-hybridized carbons (Fsp3) is 0.700. The maximum atomic E-state index is 12.6. The quantitative estimate of drug-likeness (QED) is 0.0355. The summed E-state index contributed by atoms with van der Waals surface area (Å²) >= 11 is 0. The highest BCUT2D eigenvalue weighted by Gasteiger charge is 2.68. The van der Waals surface area contributed by atoms with Crippen molar-refractivity contribution in [3.63, 3.8) is 0 Å². The van der Waals surface area contributed by atoms with Crippen LogP contribution in [0.2, 0.25) is 0 Å². The number of nitrogens with one attached hydrogen (secondary N) is 1. The minimum absolute atomic E-state index is 0.0645. The van der Waals surface area contributed by atoms with E-state index in [1.54, 1.807) is 45.8 Å². The van der Waals surface area contributed by atoms with Crippen molar-refractivity contribution in [3.05, 3.63) is 71.0 Å². The molecule has 396 valence electrons. The number of aliphatic hydroxyl groups excluding tert-OH is 5. The standard InChI is InChI=1S/C50H81N4O15P/c1-29(20-22-51)16-14-17-30(2)32(4)24-33(5)42(57)35(7)38(55)25-41(65-13)45-46(69-70(61,62)63)49(8,9)50(68-45)26-39(56)34(6)40(67-50)19-15-18-36-27-66-48(53-36)31(3)21-23-52-47(60)44(59)43(58)37(28-64-12)54(10)11/h14-18,20,24,27,31,33-35,37-46,55-59H,19,21,23,25-26,28H2,1-13H3,(H,52,60)(H2,61,62,63)/b16-14+,18-15+,29-20+,30-17+,32-24+/t31-,33+,34-,35-,37-,38-,39+,40-,41-,42+,43-,44-,45+,46-,50+/m1/s1. The smallest absolute Gasteiger partial charge is 0.448 e. The van der Waals surface area contributed by atoms with Gasteiger partial charge in [0.2, 0.25) is 0 Å². The molecule has 0 saturated carbocycles. The Balaban J connectivity index is 1.74. The predicted molar refractivity (Wildman–Crippen MR) is 262 cm³/mol. The summed E-state index contributed by atoms with van der Waals surface area (Å²) in [4.78, 5) is 39.2. The zero-order chi connectivity index (χ0) is 52.9. The van der Waals surface area contributed by atoms with Crippen molar-refractivity contribution in [1.82, 2.24) is 15.2 Å². The molecule has 20 heteroatoms. The molecule has 2 fully saturated rings. The van der Waals surface area contributed by atoms with Crippen molar-refractivity contribution in [2.75, 3.05) is 41.5 Å². The van der Waals surface area contributed by atoms with E-state index in [2.05, 4.69) is 10.3 Å². The number of aliphatic hydroxyl groups is 5. The molecule has 0 aliphatic carbocycles. The normalized spacial score (nSPS) is 27.6. The average Bonchev–Trinajstić information content (AvgIpc) is 3.84. The molecule has 2 aliphatic heterocycles. The van der Waals surface area contributed by atoms with Crippen LogP contribution in [0.3, 0.4) is 0 Å². The molecular weight excluding hydrogens is 928 g/mol. The molecule has 3 rings (SSSR count). The third-order valence-electron chi connectivity index (χ3n) is 14.0. The van der Waals surface area contributed by atoms with Gasteiger partial charge in [-0.3, -0.25) is 9.32 Å². The van der Waals surface area contributed by atoms with Gasteiger partial charge in [-0.1, -0.05) is 77.5 Å². The van der Waals surface area contributed by atoms with Gasteiger partial charge in [-0.25, -0.2) is 9.55 Å². The summed E-state index contributed by atoms with van der Waals surface area (Å²) < 4.78 is 48.2. The van der Waals surface area contributed by atoms with Gasteiger partial charge in [-0.05, 0) is 64.9 Å². The van der Waals surface area contributed by atoms with E-state index >= 15 is 0 Å². The average molecular weight is 1010 g/mol.